The largest absolute Gasteiger partial charge is 0.504 e. The summed E-state index contributed by atoms with van der Waals surface area (Å²) < 4.78 is 0. The zero-order chi connectivity index (χ0) is 12.7. The molecule has 0 aliphatic carbocycles. The molecule has 0 bridgehead atoms. The molecule has 0 saturated carbocycles. The van der Waals surface area contributed by atoms with Crippen molar-refractivity contribution in [3.05, 3.63) is 23.8 Å². The minimum atomic E-state index is -0.0484. The Hall–Kier alpha value is -0.930. The van der Waals surface area contributed by atoms with Gasteiger partial charge in [0.15, 0.2) is 11.5 Å². The summed E-state index contributed by atoms with van der Waals surface area (Å²) in [5.41, 5.74) is 1.07. The Labute approximate surface area is 116 Å². The molecule has 0 atom stereocenters. The molecule has 0 radical (unpaired) electrons. The smallest absolute Gasteiger partial charge is 0.157 e. The fourth-order valence-corrected chi connectivity index (χ4v) is 1.98. The van der Waals surface area contributed by atoms with Crippen molar-refractivity contribution < 1.29 is 10.2 Å². The van der Waals surface area contributed by atoms with E-state index in [0.29, 0.717) is 0 Å². The van der Waals surface area contributed by atoms with E-state index in [-0.39, 0.29) is 23.9 Å². The fourth-order valence-electron chi connectivity index (χ4n) is 1.98. The third kappa shape index (κ3) is 5.61. The van der Waals surface area contributed by atoms with Crippen molar-refractivity contribution in [2.24, 2.45) is 0 Å². The number of aromatic hydroxyl groups is 2. The van der Waals surface area contributed by atoms with Crippen molar-refractivity contribution in [1.29, 1.82) is 0 Å². The zero-order valence-corrected chi connectivity index (χ0v) is 12.0. The minimum absolute atomic E-state index is 0. The van der Waals surface area contributed by atoms with Gasteiger partial charge in [0.2, 0.25) is 0 Å². The van der Waals surface area contributed by atoms with Crippen LogP contribution in [-0.2, 0) is 6.42 Å². The number of phenols is 2. The summed E-state index contributed by atoms with van der Waals surface area (Å²) in [6.45, 7) is 7.63. The normalized spacial score (nSPS) is 10.4. The number of phenolic OH excluding ortho intramolecular Hbond substituents is 2. The highest BCUT2D eigenvalue weighted by Crippen LogP contribution is 2.25. The maximum atomic E-state index is 9.41. The Balaban J connectivity index is 0.00000289. The monoisotopic (exact) mass is 273 g/mol. The van der Waals surface area contributed by atoms with E-state index in [9.17, 15) is 10.2 Å². The Morgan fingerprint density at radius 1 is 0.944 bits per heavy atom. The van der Waals surface area contributed by atoms with E-state index in [1.54, 1.807) is 12.1 Å². The lowest BCUT2D eigenvalue weighted by Gasteiger charge is -2.20. The first-order valence-corrected chi connectivity index (χ1v) is 6.40. The molecule has 1 aromatic rings. The van der Waals surface area contributed by atoms with Gasteiger partial charge in [-0.15, -0.1) is 12.4 Å². The van der Waals surface area contributed by atoms with E-state index in [4.69, 9.17) is 0 Å². The second-order valence-electron chi connectivity index (χ2n) is 4.41. The first-order valence-electron chi connectivity index (χ1n) is 6.40. The van der Waals surface area contributed by atoms with Crippen LogP contribution in [0.4, 0.5) is 0 Å². The topological polar surface area (TPSA) is 43.7 Å². The lowest BCUT2D eigenvalue weighted by molar-refractivity contribution is 0.278. The van der Waals surface area contributed by atoms with E-state index < -0.39 is 0 Å². The van der Waals surface area contributed by atoms with Crippen LogP contribution in [0, 0.1) is 0 Å². The van der Waals surface area contributed by atoms with Gasteiger partial charge in [0, 0.05) is 6.54 Å². The van der Waals surface area contributed by atoms with Gasteiger partial charge < -0.3 is 15.1 Å². The fraction of sp³-hybridized carbons (Fsp3) is 0.571. The standard InChI is InChI=1S/C14H23NO2.ClH/c1-3-8-15(9-4-2)10-7-12-5-6-13(16)14(17)11-12;/h5-6,11,16-17H,3-4,7-10H2,1-2H3;1H. The molecule has 1 rings (SSSR count). The second kappa shape index (κ2) is 9.06. The van der Waals surface area contributed by atoms with Crippen LogP contribution in [-0.4, -0.2) is 34.7 Å². The van der Waals surface area contributed by atoms with Gasteiger partial charge in [-0.3, -0.25) is 0 Å². The Morgan fingerprint density at radius 2 is 1.56 bits per heavy atom. The molecular formula is C14H24ClNO2. The molecule has 4 heteroatoms. The molecular weight excluding hydrogens is 250 g/mol. The molecule has 0 aliphatic heterocycles. The minimum Gasteiger partial charge on any atom is -0.504 e. The maximum absolute atomic E-state index is 9.41. The van der Waals surface area contributed by atoms with Gasteiger partial charge in [-0.05, 0) is 50.0 Å². The van der Waals surface area contributed by atoms with Crippen LogP contribution in [0.25, 0.3) is 0 Å². The number of halogens is 1. The van der Waals surface area contributed by atoms with Gasteiger partial charge in [0.25, 0.3) is 0 Å². The number of hydrogen-bond acceptors (Lipinski definition) is 3. The van der Waals surface area contributed by atoms with E-state index in [2.05, 4.69) is 18.7 Å². The summed E-state index contributed by atoms with van der Waals surface area (Å²) in [5, 5.41) is 18.6. The number of nitrogens with zero attached hydrogens (tertiary/aromatic N) is 1. The third-order valence-electron chi connectivity index (χ3n) is 2.84. The highest BCUT2D eigenvalue weighted by atomic mass is 35.5. The molecule has 0 heterocycles. The molecule has 0 unspecified atom stereocenters. The van der Waals surface area contributed by atoms with E-state index >= 15 is 0 Å². The molecule has 104 valence electrons. The van der Waals surface area contributed by atoms with E-state index in [1.807, 2.05) is 6.07 Å². The van der Waals surface area contributed by atoms with Crippen molar-refractivity contribution in [3.63, 3.8) is 0 Å². The van der Waals surface area contributed by atoms with Gasteiger partial charge in [-0.1, -0.05) is 19.9 Å². The van der Waals surface area contributed by atoms with Crippen molar-refractivity contribution in [3.8, 4) is 11.5 Å². The summed E-state index contributed by atoms with van der Waals surface area (Å²) in [7, 11) is 0. The first kappa shape index (κ1) is 17.1. The average Bonchev–Trinajstić information content (AvgIpc) is 2.31. The lowest BCUT2D eigenvalue weighted by Crippen LogP contribution is -2.27. The van der Waals surface area contributed by atoms with Crippen LogP contribution < -0.4 is 0 Å². The highest BCUT2D eigenvalue weighted by Gasteiger charge is 2.05. The molecule has 2 N–H and O–H groups in total. The van der Waals surface area contributed by atoms with Crippen LogP contribution in [0.15, 0.2) is 18.2 Å². The Bertz CT molecular complexity index is 339. The highest BCUT2D eigenvalue weighted by molar-refractivity contribution is 5.85. The molecule has 3 nitrogen and oxygen atoms in total. The van der Waals surface area contributed by atoms with Gasteiger partial charge in [0.1, 0.15) is 0 Å². The van der Waals surface area contributed by atoms with Gasteiger partial charge in [-0.25, -0.2) is 0 Å². The third-order valence-corrected chi connectivity index (χ3v) is 2.84. The number of hydrogen-bond donors (Lipinski definition) is 2. The van der Waals surface area contributed by atoms with Gasteiger partial charge >= 0.3 is 0 Å². The van der Waals surface area contributed by atoms with Crippen LogP contribution in [0.5, 0.6) is 11.5 Å². The van der Waals surface area contributed by atoms with Crippen molar-refractivity contribution in [1.82, 2.24) is 4.90 Å². The maximum Gasteiger partial charge on any atom is 0.157 e. The summed E-state index contributed by atoms with van der Waals surface area (Å²) in [4.78, 5) is 2.43. The molecule has 0 spiro atoms. The Morgan fingerprint density at radius 3 is 2.06 bits per heavy atom. The van der Waals surface area contributed by atoms with Crippen molar-refractivity contribution >= 4 is 12.4 Å². The molecule has 0 fully saturated rings. The van der Waals surface area contributed by atoms with E-state index in [0.717, 1.165) is 31.6 Å². The molecule has 0 amide bonds. The van der Waals surface area contributed by atoms with Gasteiger partial charge in [0.05, 0.1) is 0 Å². The summed E-state index contributed by atoms with van der Waals surface area (Å²) in [6.07, 6.45) is 3.25. The SMILES string of the molecule is CCCN(CCC)CCc1ccc(O)c(O)c1.Cl. The van der Waals surface area contributed by atoms with Crippen molar-refractivity contribution in [2.45, 2.75) is 33.1 Å². The van der Waals surface area contributed by atoms with Crippen molar-refractivity contribution in [2.75, 3.05) is 19.6 Å². The van der Waals surface area contributed by atoms with Gasteiger partial charge in [-0.2, -0.15) is 0 Å². The van der Waals surface area contributed by atoms with Crippen LogP contribution in [0.3, 0.4) is 0 Å². The zero-order valence-electron chi connectivity index (χ0n) is 11.2. The average molecular weight is 274 g/mol. The molecule has 18 heavy (non-hydrogen) atoms. The van der Waals surface area contributed by atoms with Crippen LogP contribution in [0.1, 0.15) is 32.3 Å². The summed E-state index contributed by atoms with van der Waals surface area (Å²) in [5.74, 6) is -0.0762. The molecule has 0 aliphatic rings. The first-order chi connectivity index (χ1) is 8.17. The molecule has 0 aromatic heterocycles. The number of rotatable bonds is 7. The Kier molecular flexibility index (Phi) is 8.59. The summed E-state index contributed by atoms with van der Waals surface area (Å²) >= 11 is 0. The molecule has 0 saturated heterocycles. The lowest BCUT2D eigenvalue weighted by atomic mass is 10.1. The predicted octanol–water partition coefficient (Wildman–Crippen LogP) is 3.18. The molecule has 1 aromatic carbocycles. The quantitative estimate of drug-likeness (QED) is 0.750. The van der Waals surface area contributed by atoms with Crippen LogP contribution in [0.2, 0.25) is 0 Å². The van der Waals surface area contributed by atoms with E-state index in [1.165, 1.54) is 12.8 Å². The summed E-state index contributed by atoms with van der Waals surface area (Å²) in [6, 6.07) is 5.06. The number of benzene rings is 1. The van der Waals surface area contributed by atoms with Crippen LogP contribution >= 0.6 is 12.4 Å². The second-order valence-corrected chi connectivity index (χ2v) is 4.41. The predicted molar refractivity (Wildman–Crippen MR) is 77.7 cm³/mol.